The fourth-order valence-electron chi connectivity index (χ4n) is 0.929. The third-order valence-corrected chi connectivity index (χ3v) is 1.89. The molecular formula is C10H10ClN3. The number of rotatable bonds is 2. The second kappa shape index (κ2) is 4.64. The Kier molecular flexibility index (Phi) is 3.49. The van der Waals surface area contributed by atoms with Crippen LogP contribution in [0.1, 0.15) is 11.1 Å². The third-order valence-electron chi connectivity index (χ3n) is 1.60. The lowest BCUT2D eigenvalue weighted by molar-refractivity contribution is 0.567. The number of halogens is 1. The van der Waals surface area contributed by atoms with Crippen molar-refractivity contribution in [1.82, 2.24) is 9.88 Å². The van der Waals surface area contributed by atoms with Gasteiger partial charge in [0.25, 0.3) is 0 Å². The van der Waals surface area contributed by atoms with Crippen molar-refractivity contribution < 1.29 is 0 Å². The van der Waals surface area contributed by atoms with Crippen LogP contribution in [-0.4, -0.2) is 24.0 Å². The van der Waals surface area contributed by atoms with E-state index < -0.39 is 0 Å². The molecule has 0 radical (unpaired) electrons. The maximum Gasteiger partial charge on any atom is 0.147 e. The van der Waals surface area contributed by atoms with E-state index in [9.17, 15) is 0 Å². The summed E-state index contributed by atoms with van der Waals surface area (Å²) in [5.41, 5.74) is 1.19. The first-order valence-corrected chi connectivity index (χ1v) is 4.42. The minimum Gasteiger partial charge on any atom is -0.383 e. The quantitative estimate of drug-likeness (QED) is 0.698. The van der Waals surface area contributed by atoms with Crippen LogP contribution in [0.15, 0.2) is 18.5 Å². The van der Waals surface area contributed by atoms with Crippen molar-refractivity contribution in [3.8, 4) is 6.07 Å². The van der Waals surface area contributed by atoms with Gasteiger partial charge in [-0.3, -0.25) is 0 Å². The molecule has 4 heteroatoms. The maximum absolute atomic E-state index is 8.84. The van der Waals surface area contributed by atoms with Crippen LogP contribution in [0.3, 0.4) is 0 Å². The molecule has 0 N–H and O–H groups in total. The number of hydrogen-bond donors (Lipinski definition) is 0. The molecule has 72 valence electrons. The van der Waals surface area contributed by atoms with Gasteiger partial charge in [-0.25, -0.2) is 4.98 Å². The SMILES string of the molecule is CN(C)/C=C/c1ccnc(Cl)c1C#N. The zero-order valence-corrected chi connectivity index (χ0v) is 8.78. The molecule has 0 spiro atoms. The minimum absolute atomic E-state index is 0.244. The summed E-state index contributed by atoms with van der Waals surface area (Å²) in [4.78, 5) is 5.72. The molecule has 1 aromatic rings. The second-order valence-corrected chi connectivity index (χ2v) is 3.32. The van der Waals surface area contributed by atoms with Gasteiger partial charge < -0.3 is 4.90 Å². The number of hydrogen-bond acceptors (Lipinski definition) is 3. The molecule has 0 saturated carbocycles. The van der Waals surface area contributed by atoms with E-state index in [0.717, 1.165) is 5.56 Å². The lowest BCUT2D eigenvalue weighted by atomic mass is 10.1. The number of nitrogens with zero attached hydrogens (tertiary/aromatic N) is 3. The second-order valence-electron chi connectivity index (χ2n) is 2.96. The highest BCUT2D eigenvalue weighted by molar-refractivity contribution is 6.30. The predicted molar refractivity (Wildman–Crippen MR) is 56.7 cm³/mol. The molecular weight excluding hydrogens is 198 g/mol. The van der Waals surface area contributed by atoms with Crippen LogP contribution < -0.4 is 0 Å². The van der Waals surface area contributed by atoms with Crippen molar-refractivity contribution in [1.29, 1.82) is 5.26 Å². The average Bonchev–Trinajstić information content (AvgIpc) is 2.14. The molecule has 0 aliphatic carbocycles. The summed E-state index contributed by atoms with van der Waals surface area (Å²) in [6.07, 6.45) is 5.26. The highest BCUT2D eigenvalue weighted by atomic mass is 35.5. The number of nitriles is 1. The molecule has 1 rings (SSSR count). The molecule has 0 atom stereocenters. The molecule has 0 saturated heterocycles. The van der Waals surface area contributed by atoms with Gasteiger partial charge in [0.05, 0.1) is 5.56 Å². The topological polar surface area (TPSA) is 39.9 Å². The molecule has 0 bridgehead atoms. The van der Waals surface area contributed by atoms with Crippen LogP contribution >= 0.6 is 11.6 Å². The van der Waals surface area contributed by atoms with Crippen LogP contribution in [-0.2, 0) is 0 Å². The summed E-state index contributed by atoms with van der Waals surface area (Å²) in [5.74, 6) is 0. The van der Waals surface area contributed by atoms with E-state index >= 15 is 0 Å². The van der Waals surface area contributed by atoms with E-state index in [4.69, 9.17) is 16.9 Å². The van der Waals surface area contributed by atoms with Crippen LogP contribution in [0.4, 0.5) is 0 Å². The van der Waals surface area contributed by atoms with Crippen molar-refractivity contribution in [2.45, 2.75) is 0 Å². The number of pyridine rings is 1. The Hall–Kier alpha value is -1.53. The van der Waals surface area contributed by atoms with E-state index in [1.165, 1.54) is 0 Å². The van der Waals surface area contributed by atoms with Crippen LogP contribution in [0, 0.1) is 11.3 Å². The molecule has 0 aliphatic rings. The lowest BCUT2D eigenvalue weighted by Gasteiger charge is -2.04. The standard InChI is InChI=1S/C10H10ClN3/c1-14(2)6-4-8-3-5-13-10(11)9(8)7-12/h3-6H,1-2H3/b6-4+. The van der Waals surface area contributed by atoms with Gasteiger partial charge in [-0.15, -0.1) is 0 Å². The van der Waals surface area contributed by atoms with Crippen LogP contribution in [0.5, 0.6) is 0 Å². The van der Waals surface area contributed by atoms with Crippen molar-refractivity contribution in [3.63, 3.8) is 0 Å². The molecule has 0 fully saturated rings. The fraction of sp³-hybridized carbons (Fsp3) is 0.200. The molecule has 3 nitrogen and oxygen atoms in total. The monoisotopic (exact) mass is 207 g/mol. The molecule has 0 amide bonds. The van der Waals surface area contributed by atoms with Gasteiger partial charge >= 0.3 is 0 Å². The predicted octanol–water partition coefficient (Wildman–Crippen LogP) is 2.14. The van der Waals surface area contributed by atoms with E-state index in [-0.39, 0.29) is 5.15 Å². The number of aromatic nitrogens is 1. The van der Waals surface area contributed by atoms with Gasteiger partial charge in [-0.1, -0.05) is 11.6 Å². The molecule has 0 aromatic carbocycles. The Morgan fingerprint density at radius 3 is 2.86 bits per heavy atom. The Morgan fingerprint density at radius 2 is 2.29 bits per heavy atom. The van der Waals surface area contributed by atoms with Gasteiger partial charge in [0.1, 0.15) is 11.2 Å². The zero-order chi connectivity index (χ0) is 10.6. The van der Waals surface area contributed by atoms with Crippen molar-refractivity contribution in [2.24, 2.45) is 0 Å². The first-order chi connectivity index (χ1) is 6.65. The summed E-state index contributed by atoms with van der Waals surface area (Å²) in [7, 11) is 3.82. The zero-order valence-electron chi connectivity index (χ0n) is 8.03. The first kappa shape index (κ1) is 10.6. The average molecular weight is 208 g/mol. The Balaban J connectivity index is 3.10. The first-order valence-electron chi connectivity index (χ1n) is 4.04. The summed E-state index contributed by atoms with van der Waals surface area (Å²) in [6.45, 7) is 0. The Bertz CT molecular complexity index is 391. The summed E-state index contributed by atoms with van der Waals surface area (Å²) >= 11 is 5.76. The molecule has 0 aliphatic heterocycles. The molecule has 1 heterocycles. The minimum atomic E-state index is 0.244. The Morgan fingerprint density at radius 1 is 1.57 bits per heavy atom. The van der Waals surface area contributed by atoms with Gasteiger partial charge in [0.15, 0.2) is 0 Å². The highest BCUT2D eigenvalue weighted by Gasteiger charge is 2.04. The highest BCUT2D eigenvalue weighted by Crippen LogP contribution is 2.17. The van der Waals surface area contributed by atoms with E-state index in [2.05, 4.69) is 4.98 Å². The molecule has 14 heavy (non-hydrogen) atoms. The van der Waals surface area contributed by atoms with E-state index in [1.54, 1.807) is 12.3 Å². The summed E-state index contributed by atoms with van der Waals surface area (Å²) in [5, 5.41) is 9.09. The normalized spacial score (nSPS) is 10.1. The third kappa shape index (κ3) is 2.48. The van der Waals surface area contributed by atoms with Gasteiger partial charge in [0, 0.05) is 20.3 Å². The summed E-state index contributed by atoms with van der Waals surface area (Å²) in [6, 6.07) is 3.78. The molecule has 1 aromatic heterocycles. The van der Waals surface area contributed by atoms with E-state index in [1.807, 2.05) is 37.3 Å². The fourth-order valence-corrected chi connectivity index (χ4v) is 1.14. The smallest absolute Gasteiger partial charge is 0.147 e. The van der Waals surface area contributed by atoms with E-state index in [0.29, 0.717) is 5.56 Å². The van der Waals surface area contributed by atoms with Crippen molar-refractivity contribution >= 4 is 17.7 Å². The summed E-state index contributed by atoms with van der Waals surface area (Å²) < 4.78 is 0. The van der Waals surface area contributed by atoms with Crippen molar-refractivity contribution in [3.05, 3.63) is 34.7 Å². The maximum atomic E-state index is 8.84. The Labute approximate surface area is 88.2 Å². The van der Waals surface area contributed by atoms with Crippen LogP contribution in [0.25, 0.3) is 6.08 Å². The van der Waals surface area contributed by atoms with Crippen molar-refractivity contribution in [2.75, 3.05) is 14.1 Å². The van der Waals surface area contributed by atoms with Gasteiger partial charge in [-0.2, -0.15) is 5.26 Å². The largest absolute Gasteiger partial charge is 0.383 e. The van der Waals surface area contributed by atoms with Crippen LogP contribution in [0.2, 0.25) is 5.15 Å². The molecule has 0 unspecified atom stereocenters. The van der Waals surface area contributed by atoms with Gasteiger partial charge in [0.2, 0.25) is 0 Å². The lowest BCUT2D eigenvalue weighted by Crippen LogP contribution is -2.00. The van der Waals surface area contributed by atoms with Gasteiger partial charge in [-0.05, 0) is 23.9 Å².